The molecule has 0 aliphatic heterocycles. The van der Waals surface area contributed by atoms with E-state index in [2.05, 4.69) is 11.4 Å². The minimum absolute atomic E-state index is 0.106. The van der Waals surface area contributed by atoms with Crippen LogP contribution in [0.3, 0.4) is 0 Å². The Morgan fingerprint density at radius 3 is 2.63 bits per heavy atom. The van der Waals surface area contributed by atoms with Crippen molar-refractivity contribution in [1.29, 1.82) is 5.26 Å². The van der Waals surface area contributed by atoms with Gasteiger partial charge >= 0.3 is 6.18 Å². The minimum atomic E-state index is -4.27. The van der Waals surface area contributed by atoms with Crippen molar-refractivity contribution in [2.75, 3.05) is 11.9 Å². The van der Waals surface area contributed by atoms with Gasteiger partial charge in [0.15, 0.2) is 0 Å². The van der Waals surface area contributed by atoms with Gasteiger partial charge < -0.3 is 5.32 Å². The van der Waals surface area contributed by atoms with Crippen molar-refractivity contribution in [3.05, 3.63) is 49.8 Å². The van der Waals surface area contributed by atoms with Gasteiger partial charge in [-0.15, -0.1) is 11.3 Å². The number of benzene rings is 1. The predicted molar refractivity (Wildman–Crippen MR) is 135 cm³/mol. The predicted octanol–water partition coefficient (Wildman–Crippen LogP) is 7.61. The molecule has 190 valence electrons. The van der Waals surface area contributed by atoms with Crippen molar-refractivity contribution in [2.45, 2.75) is 71.1 Å². The third kappa shape index (κ3) is 7.13. The zero-order chi connectivity index (χ0) is 25.8. The summed E-state index contributed by atoms with van der Waals surface area (Å²) in [6.45, 7) is 4.01. The molecule has 1 amide bonds. The zero-order valence-corrected chi connectivity index (χ0v) is 22.0. The van der Waals surface area contributed by atoms with Gasteiger partial charge in [0.1, 0.15) is 11.1 Å². The van der Waals surface area contributed by atoms with Crippen LogP contribution in [0.5, 0.6) is 0 Å². The quantitative estimate of drug-likeness (QED) is 0.352. The van der Waals surface area contributed by atoms with Crippen molar-refractivity contribution >= 4 is 45.4 Å². The third-order valence-corrected chi connectivity index (χ3v) is 8.29. The molecule has 0 radical (unpaired) electrons. The van der Waals surface area contributed by atoms with E-state index >= 15 is 0 Å². The first-order chi connectivity index (χ1) is 16.6. The van der Waals surface area contributed by atoms with Crippen LogP contribution in [-0.2, 0) is 24.2 Å². The molecule has 0 saturated carbocycles. The fraction of sp³-hybridized carbons (Fsp3) is 0.520. The summed E-state index contributed by atoms with van der Waals surface area (Å²) in [5, 5.41) is 14.1. The highest BCUT2D eigenvalue weighted by Gasteiger charge is 2.33. The number of halogens is 5. The van der Waals surface area contributed by atoms with Crippen LogP contribution in [0.25, 0.3) is 0 Å². The highest BCUT2D eigenvalue weighted by Crippen LogP contribution is 2.40. The second kappa shape index (κ2) is 12.0. The van der Waals surface area contributed by atoms with Crippen LogP contribution in [0.15, 0.2) is 18.2 Å². The average Bonchev–Trinajstić information content (AvgIpc) is 3.14. The van der Waals surface area contributed by atoms with E-state index in [-0.39, 0.29) is 31.0 Å². The second-order valence-electron chi connectivity index (χ2n) is 8.79. The molecule has 10 heteroatoms. The molecule has 1 unspecified atom stereocenters. The standard InChI is InChI=1S/C25H28Cl2F3N3OS/c1-3-15(4-2)23(34)32-24-20(13-31)19-8-7-18(12-22(19)35-24)33(10-9-25(28,29)30)14-16-5-6-17(26)11-21(16)27/h5-6,11,15,18H,3-4,7-10,12,14H2,1-2H3,(H,32,34). The van der Waals surface area contributed by atoms with Crippen LogP contribution in [0.2, 0.25) is 10.0 Å². The van der Waals surface area contributed by atoms with Crippen molar-refractivity contribution in [3.63, 3.8) is 0 Å². The van der Waals surface area contributed by atoms with Gasteiger partial charge in [0.25, 0.3) is 0 Å². The number of alkyl halides is 3. The van der Waals surface area contributed by atoms with E-state index in [1.54, 1.807) is 18.2 Å². The lowest BCUT2D eigenvalue weighted by Gasteiger charge is -2.35. The Labute approximate surface area is 218 Å². The molecule has 2 aromatic rings. The zero-order valence-electron chi connectivity index (χ0n) is 19.6. The van der Waals surface area contributed by atoms with Crippen LogP contribution < -0.4 is 5.32 Å². The fourth-order valence-corrected chi connectivity index (χ4v) is 6.23. The van der Waals surface area contributed by atoms with Gasteiger partial charge in [-0.05, 0) is 55.4 Å². The molecule has 0 spiro atoms. The molecular formula is C25H28Cl2F3N3OS. The lowest BCUT2D eigenvalue weighted by molar-refractivity contribution is -0.139. The summed E-state index contributed by atoms with van der Waals surface area (Å²) < 4.78 is 39.3. The first kappa shape index (κ1) is 27.8. The second-order valence-corrected chi connectivity index (χ2v) is 10.7. The molecule has 1 atom stereocenters. The summed E-state index contributed by atoms with van der Waals surface area (Å²) in [7, 11) is 0. The van der Waals surface area contributed by atoms with Gasteiger partial charge in [0.2, 0.25) is 5.91 Å². The van der Waals surface area contributed by atoms with Crippen LogP contribution in [0, 0.1) is 17.2 Å². The maximum Gasteiger partial charge on any atom is 0.390 e. The van der Waals surface area contributed by atoms with Crippen molar-refractivity contribution in [2.24, 2.45) is 5.92 Å². The molecule has 1 N–H and O–H groups in total. The molecule has 0 fully saturated rings. The number of rotatable bonds is 9. The van der Waals surface area contributed by atoms with Crippen LogP contribution in [-0.4, -0.2) is 29.6 Å². The molecule has 4 nitrogen and oxygen atoms in total. The van der Waals surface area contributed by atoms with Gasteiger partial charge in [-0.1, -0.05) is 43.1 Å². The summed E-state index contributed by atoms with van der Waals surface area (Å²) in [4.78, 5) is 15.4. The summed E-state index contributed by atoms with van der Waals surface area (Å²) in [6.07, 6.45) is -2.09. The number of nitrogens with one attached hydrogen (secondary N) is 1. The SMILES string of the molecule is CCC(CC)C(=O)Nc1sc2c(c1C#N)CCC(N(CCC(F)(F)F)Cc1ccc(Cl)cc1Cl)C2. The Kier molecular flexibility index (Phi) is 9.50. The van der Waals surface area contributed by atoms with Gasteiger partial charge in [-0.3, -0.25) is 9.69 Å². The number of hydrogen-bond donors (Lipinski definition) is 1. The summed E-state index contributed by atoms with van der Waals surface area (Å²) in [6, 6.07) is 7.09. The molecule has 1 heterocycles. The molecule has 3 rings (SSSR count). The monoisotopic (exact) mass is 545 g/mol. The first-order valence-electron chi connectivity index (χ1n) is 11.7. The van der Waals surface area contributed by atoms with Crippen LogP contribution >= 0.6 is 34.5 Å². The number of carbonyl (C=O) groups excluding carboxylic acids is 1. The smallest absolute Gasteiger partial charge is 0.316 e. The van der Waals surface area contributed by atoms with Crippen molar-refractivity contribution in [1.82, 2.24) is 4.90 Å². The van der Waals surface area contributed by atoms with E-state index in [4.69, 9.17) is 23.2 Å². The Morgan fingerprint density at radius 1 is 1.31 bits per heavy atom. The minimum Gasteiger partial charge on any atom is -0.316 e. The fourth-order valence-electron chi connectivity index (χ4n) is 4.49. The van der Waals surface area contributed by atoms with E-state index in [0.29, 0.717) is 58.3 Å². The highest BCUT2D eigenvalue weighted by molar-refractivity contribution is 7.16. The number of anilines is 1. The lowest BCUT2D eigenvalue weighted by atomic mass is 9.90. The summed E-state index contributed by atoms with van der Waals surface area (Å²) in [5.74, 6) is -0.235. The third-order valence-electron chi connectivity index (χ3n) is 6.53. The van der Waals surface area contributed by atoms with Gasteiger partial charge in [-0.2, -0.15) is 18.4 Å². The number of hydrogen-bond acceptors (Lipinski definition) is 4. The Bertz CT molecular complexity index is 1090. The molecule has 35 heavy (non-hydrogen) atoms. The van der Waals surface area contributed by atoms with Crippen LogP contribution in [0.1, 0.15) is 61.1 Å². The van der Waals surface area contributed by atoms with E-state index in [1.165, 1.54) is 11.3 Å². The number of thiophene rings is 1. The summed E-state index contributed by atoms with van der Waals surface area (Å²) in [5.41, 5.74) is 2.09. The average molecular weight is 546 g/mol. The van der Waals surface area contributed by atoms with Crippen LogP contribution in [0.4, 0.5) is 18.2 Å². The van der Waals surface area contributed by atoms with E-state index in [9.17, 15) is 23.2 Å². The van der Waals surface area contributed by atoms with Crippen molar-refractivity contribution in [3.8, 4) is 6.07 Å². The van der Waals surface area contributed by atoms with Gasteiger partial charge in [0, 0.05) is 40.0 Å². The molecule has 1 aromatic heterocycles. The lowest BCUT2D eigenvalue weighted by Crippen LogP contribution is -2.40. The van der Waals surface area contributed by atoms with Crippen molar-refractivity contribution < 1.29 is 18.0 Å². The maximum absolute atomic E-state index is 13.1. The number of fused-ring (bicyclic) bond motifs is 1. The number of nitriles is 1. The first-order valence-corrected chi connectivity index (χ1v) is 13.2. The Balaban J connectivity index is 1.84. The van der Waals surface area contributed by atoms with E-state index in [1.807, 2.05) is 18.7 Å². The molecule has 1 aliphatic carbocycles. The van der Waals surface area contributed by atoms with E-state index < -0.39 is 12.6 Å². The number of carbonyl (C=O) groups is 1. The largest absolute Gasteiger partial charge is 0.390 e. The molecular weight excluding hydrogens is 518 g/mol. The van der Waals surface area contributed by atoms with E-state index in [0.717, 1.165) is 10.4 Å². The molecule has 1 aliphatic rings. The molecule has 0 saturated heterocycles. The highest BCUT2D eigenvalue weighted by atomic mass is 35.5. The Hall–Kier alpha value is -1.79. The van der Waals surface area contributed by atoms with Gasteiger partial charge in [0.05, 0.1) is 12.0 Å². The van der Waals surface area contributed by atoms with Gasteiger partial charge in [-0.25, -0.2) is 0 Å². The number of amides is 1. The normalized spacial score (nSPS) is 15.8. The topological polar surface area (TPSA) is 56.1 Å². The molecule has 1 aromatic carbocycles. The summed E-state index contributed by atoms with van der Waals surface area (Å²) >= 11 is 13.7. The molecule has 0 bridgehead atoms. The maximum atomic E-state index is 13.1. The number of nitrogens with zero attached hydrogens (tertiary/aromatic N) is 2. The Morgan fingerprint density at radius 2 is 2.03 bits per heavy atom.